The number of aryl methyl sites for hydroxylation is 1. The van der Waals surface area contributed by atoms with Gasteiger partial charge in [-0.15, -0.1) is 0 Å². The van der Waals surface area contributed by atoms with Crippen LogP contribution in [0.15, 0.2) is 45.9 Å². The molecule has 0 bridgehead atoms. The van der Waals surface area contributed by atoms with Gasteiger partial charge in [-0.2, -0.15) is 0 Å². The number of hydrogen-bond donors (Lipinski definition) is 1. The van der Waals surface area contributed by atoms with Crippen LogP contribution in [0, 0.1) is 6.92 Å². The molecule has 3 rings (SSSR count). The summed E-state index contributed by atoms with van der Waals surface area (Å²) in [6.45, 7) is 2.06. The van der Waals surface area contributed by atoms with Crippen LogP contribution in [0.25, 0.3) is 11.0 Å². The van der Waals surface area contributed by atoms with Gasteiger partial charge in [0, 0.05) is 19.2 Å². The third-order valence-electron chi connectivity index (χ3n) is 3.85. The zero-order chi connectivity index (χ0) is 18.2. The summed E-state index contributed by atoms with van der Waals surface area (Å²) in [6, 6.07) is 9.61. The van der Waals surface area contributed by atoms with Crippen LogP contribution in [0.2, 0.25) is 0 Å². The van der Waals surface area contributed by atoms with E-state index in [2.05, 4.69) is 14.9 Å². The van der Waals surface area contributed by atoms with E-state index >= 15 is 0 Å². The van der Waals surface area contributed by atoms with Crippen molar-refractivity contribution in [1.29, 1.82) is 0 Å². The third-order valence-corrected chi connectivity index (χ3v) is 4.76. The van der Waals surface area contributed by atoms with E-state index in [1.165, 1.54) is 17.0 Å². The molecule has 0 unspecified atom stereocenters. The number of rotatable bonds is 4. The summed E-state index contributed by atoms with van der Waals surface area (Å²) < 4.78 is 27.7. The number of carbonyl (C=O) groups is 1. The second kappa shape index (κ2) is 6.26. The lowest BCUT2D eigenvalue weighted by atomic mass is 10.1. The predicted molar refractivity (Wildman–Crippen MR) is 90.2 cm³/mol. The first-order valence-electron chi connectivity index (χ1n) is 7.36. The van der Waals surface area contributed by atoms with E-state index in [9.17, 15) is 13.2 Å². The largest absolute Gasteiger partial charge is 0.337 e. The molecule has 25 heavy (non-hydrogen) atoms. The normalized spacial score (nSPS) is 11.6. The molecular formula is C16H16N4O4S. The predicted octanol–water partition coefficient (Wildman–Crippen LogP) is 1.45. The molecule has 2 N–H and O–H groups in total. The first kappa shape index (κ1) is 17.1. The van der Waals surface area contributed by atoms with E-state index in [-0.39, 0.29) is 10.8 Å². The zero-order valence-electron chi connectivity index (χ0n) is 13.6. The number of nitrogens with two attached hydrogens (primary N) is 1. The third kappa shape index (κ3) is 3.52. The van der Waals surface area contributed by atoms with Crippen molar-refractivity contribution in [2.24, 2.45) is 5.14 Å². The number of fused-ring (bicyclic) bond motifs is 1. The number of aromatic nitrogens is 2. The average molecular weight is 360 g/mol. The molecule has 1 heterocycles. The lowest BCUT2D eigenvalue weighted by molar-refractivity contribution is 0.0784. The van der Waals surface area contributed by atoms with Gasteiger partial charge >= 0.3 is 0 Å². The van der Waals surface area contributed by atoms with E-state index in [0.29, 0.717) is 28.7 Å². The monoisotopic (exact) mass is 360 g/mol. The molecule has 1 aromatic heterocycles. The molecule has 1 amide bonds. The molecule has 0 atom stereocenters. The van der Waals surface area contributed by atoms with Crippen molar-refractivity contribution in [1.82, 2.24) is 15.2 Å². The highest BCUT2D eigenvalue weighted by atomic mass is 32.2. The van der Waals surface area contributed by atoms with Gasteiger partial charge in [0.1, 0.15) is 11.0 Å². The Kier molecular flexibility index (Phi) is 4.27. The number of amides is 1. The van der Waals surface area contributed by atoms with E-state index in [0.717, 1.165) is 5.56 Å². The maximum absolute atomic E-state index is 12.7. The molecule has 0 aliphatic rings. The van der Waals surface area contributed by atoms with Gasteiger partial charge in [0.05, 0.1) is 4.90 Å². The average Bonchev–Trinajstić information content (AvgIpc) is 3.01. The van der Waals surface area contributed by atoms with Gasteiger partial charge in [-0.05, 0) is 52.6 Å². The summed E-state index contributed by atoms with van der Waals surface area (Å²) in [5.74, 6) is -0.304. The molecule has 2 aromatic carbocycles. The second-order valence-electron chi connectivity index (χ2n) is 5.77. The standard InChI is InChI=1S/C16H16N4O4S/c1-10-3-5-12(25(17,22)23)8-13(10)16(21)20(2)9-11-4-6-14-15(7-11)19-24-18-14/h3-8H,9H2,1-2H3,(H2,17,22,23). The topological polar surface area (TPSA) is 119 Å². The van der Waals surface area contributed by atoms with Crippen LogP contribution in [0.1, 0.15) is 21.5 Å². The molecular weight excluding hydrogens is 344 g/mol. The van der Waals surface area contributed by atoms with Crippen molar-refractivity contribution < 1.29 is 17.8 Å². The van der Waals surface area contributed by atoms with Crippen molar-refractivity contribution in [3.63, 3.8) is 0 Å². The minimum Gasteiger partial charge on any atom is -0.337 e. The Bertz CT molecular complexity index is 1060. The Balaban J connectivity index is 1.87. The number of primary sulfonamides is 1. The van der Waals surface area contributed by atoms with Crippen LogP contribution < -0.4 is 5.14 Å². The highest BCUT2D eigenvalue weighted by Crippen LogP contribution is 2.18. The van der Waals surface area contributed by atoms with Crippen molar-refractivity contribution in [2.45, 2.75) is 18.4 Å². The van der Waals surface area contributed by atoms with Gasteiger partial charge in [-0.1, -0.05) is 12.1 Å². The summed E-state index contributed by atoms with van der Waals surface area (Å²) in [5.41, 5.74) is 3.04. The van der Waals surface area contributed by atoms with Gasteiger partial charge in [0.2, 0.25) is 10.0 Å². The Morgan fingerprint density at radius 1 is 1.16 bits per heavy atom. The molecule has 9 heteroatoms. The summed E-state index contributed by atoms with van der Waals surface area (Å²) in [5, 5.41) is 12.6. The minimum absolute atomic E-state index is 0.0926. The fourth-order valence-electron chi connectivity index (χ4n) is 2.49. The van der Waals surface area contributed by atoms with Crippen molar-refractivity contribution in [3.05, 3.63) is 53.1 Å². The maximum Gasteiger partial charge on any atom is 0.254 e. The molecule has 130 valence electrons. The van der Waals surface area contributed by atoms with E-state index in [1.807, 2.05) is 6.07 Å². The minimum atomic E-state index is -3.87. The first-order chi connectivity index (χ1) is 11.8. The van der Waals surface area contributed by atoms with Crippen LogP contribution in [0.3, 0.4) is 0 Å². The van der Waals surface area contributed by atoms with Gasteiger partial charge in [0.25, 0.3) is 5.91 Å². The fraction of sp³-hybridized carbons (Fsp3) is 0.188. The lowest BCUT2D eigenvalue weighted by Gasteiger charge is -2.19. The summed E-state index contributed by atoms with van der Waals surface area (Å²) in [7, 11) is -2.24. The van der Waals surface area contributed by atoms with Gasteiger partial charge in [-0.25, -0.2) is 18.2 Å². The van der Waals surface area contributed by atoms with Crippen LogP contribution in [-0.2, 0) is 16.6 Å². The van der Waals surface area contributed by atoms with Crippen molar-refractivity contribution >= 4 is 27.0 Å². The van der Waals surface area contributed by atoms with Gasteiger partial charge in [-0.3, -0.25) is 4.79 Å². The Morgan fingerprint density at radius 2 is 1.88 bits per heavy atom. The van der Waals surface area contributed by atoms with Crippen LogP contribution in [-0.4, -0.2) is 36.6 Å². The highest BCUT2D eigenvalue weighted by Gasteiger charge is 2.18. The smallest absolute Gasteiger partial charge is 0.254 e. The van der Waals surface area contributed by atoms with Gasteiger partial charge in [0.15, 0.2) is 0 Å². The number of sulfonamides is 1. The number of nitrogens with zero attached hydrogens (tertiary/aromatic N) is 3. The number of carbonyl (C=O) groups excluding carboxylic acids is 1. The molecule has 0 radical (unpaired) electrons. The fourth-order valence-corrected chi connectivity index (χ4v) is 3.03. The molecule has 0 saturated carbocycles. The van der Waals surface area contributed by atoms with E-state index in [1.54, 1.807) is 32.2 Å². The first-order valence-corrected chi connectivity index (χ1v) is 8.90. The quantitative estimate of drug-likeness (QED) is 0.752. The van der Waals surface area contributed by atoms with Crippen LogP contribution in [0.5, 0.6) is 0 Å². The molecule has 0 fully saturated rings. The molecule has 8 nitrogen and oxygen atoms in total. The molecule has 0 spiro atoms. The maximum atomic E-state index is 12.7. The number of benzene rings is 2. The van der Waals surface area contributed by atoms with Crippen molar-refractivity contribution in [2.75, 3.05) is 7.05 Å². The van der Waals surface area contributed by atoms with Crippen LogP contribution in [0.4, 0.5) is 0 Å². The van der Waals surface area contributed by atoms with Crippen LogP contribution >= 0.6 is 0 Å². The Morgan fingerprint density at radius 3 is 2.60 bits per heavy atom. The number of hydrogen-bond acceptors (Lipinski definition) is 6. The molecule has 0 aliphatic heterocycles. The summed E-state index contributed by atoms with van der Waals surface area (Å²) in [6.07, 6.45) is 0. The lowest BCUT2D eigenvalue weighted by Crippen LogP contribution is -2.27. The van der Waals surface area contributed by atoms with E-state index < -0.39 is 10.0 Å². The SMILES string of the molecule is Cc1ccc(S(N)(=O)=O)cc1C(=O)N(C)Cc1ccc2nonc2c1. The highest BCUT2D eigenvalue weighted by molar-refractivity contribution is 7.89. The van der Waals surface area contributed by atoms with Crippen molar-refractivity contribution in [3.8, 4) is 0 Å². The van der Waals surface area contributed by atoms with Gasteiger partial charge < -0.3 is 4.90 Å². The summed E-state index contributed by atoms with van der Waals surface area (Å²) in [4.78, 5) is 14.1. The molecule has 0 saturated heterocycles. The molecule has 3 aromatic rings. The summed E-state index contributed by atoms with van der Waals surface area (Å²) >= 11 is 0. The Labute approximate surface area is 144 Å². The zero-order valence-corrected chi connectivity index (χ0v) is 14.4. The second-order valence-corrected chi connectivity index (χ2v) is 7.33. The molecule has 0 aliphatic carbocycles. The Hall–Kier alpha value is -2.78. The van der Waals surface area contributed by atoms with E-state index in [4.69, 9.17) is 5.14 Å².